The number of halogens is 6. The molecule has 0 unspecified atom stereocenters. The lowest BCUT2D eigenvalue weighted by Gasteiger charge is -2.16. The van der Waals surface area contributed by atoms with Crippen LogP contribution in [0.25, 0.3) is 0 Å². The van der Waals surface area contributed by atoms with Crippen molar-refractivity contribution >= 4 is 23.2 Å². The predicted molar refractivity (Wildman–Crippen MR) is 99.2 cm³/mol. The number of rotatable bonds is 5. The molecule has 32 heavy (non-hydrogen) atoms. The Morgan fingerprint density at radius 3 is 2.09 bits per heavy atom. The van der Waals surface area contributed by atoms with Gasteiger partial charge in [-0.05, 0) is 54.6 Å². The third-order valence-electron chi connectivity index (χ3n) is 3.93. The molecule has 2 amide bonds. The highest BCUT2D eigenvalue weighted by atomic mass is 19.4. The smallest absolute Gasteiger partial charge is 0.459 e. The second-order valence-electron chi connectivity index (χ2n) is 6.22. The zero-order chi connectivity index (χ0) is 23.5. The fourth-order valence-electron chi connectivity index (χ4n) is 2.57. The molecule has 1 heterocycles. The highest BCUT2D eigenvalue weighted by Gasteiger charge is 2.35. The Labute approximate surface area is 175 Å². The summed E-state index contributed by atoms with van der Waals surface area (Å²) in [4.78, 5) is 24.2. The van der Waals surface area contributed by atoms with E-state index in [4.69, 9.17) is 4.42 Å². The van der Waals surface area contributed by atoms with E-state index in [1.54, 1.807) is 0 Å². The molecule has 0 saturated heterocycles. The summed E-state index contributed by atoms with van der Waals surface area (Å²) in [5.74, 6) is -2.49. The van der Waals surface area contributed by atoms with E-state index in [9.17, 15) is 35.9 Å². The molecule has 0 spiro atoms. The zero-order valence-electron chi connectivity index (χ0n) is 15.7. The monoisotopic (exact) mass is 458 g/mol. The average molecular weight is 458 g/mol. The van der Waals surface area contributed by atoms with Gasteiger partial charge in [0.1, 0.15) is 5.75 Å². The number of amides is 2. The number of benzene rings is 2. The van der Waals surface area contributed by atoms with Gasteiger partial charge in [0.2, 0.25) is 0 Å². The van der Waals surface area contributed by atoms with Crippen molar-refractivity contribution in [1.29, 1.82) is 0 Å². The van der Waals surface area contributed by atoms with Crippen LogP contribution in [0.4, 0.5) is 37.7 Å². The Morgan fingerprint density at radius 1 is 0.844 bits per heavy atom. The Hall–Kier alpha value is -3.96. The SMILES string of the molecule is O=C(Nc1ccc(NC(=O)c2ccco2)cc1C(F)(F)F)c1ccc(OC(F)(F)F)cc1. The number of carbonyl (C=O) groups excluding carboxylic acids is 2. The van der Waals surface area contributed by atoms with Gasteiger partial charge in [0.25, 0.3) is 11.8 Å². The molecule has 6 nitrogen and oxygen atoms in total. The summed E-state index contributed by atoms with van der Waals surface area (Å²) < 4.78 is 85.6. The fraction of sp³-hybridized carbons (Fsp3) is 0.100. The number of nitrogens with one attached hydrogen (secondary N) is 2. The van der Waals surface area contributed by atoms with E-state index in [-0.39, 0.29) is 17.0 Å². The lowest BCUT2D eigenvalue weighted by atomic mass is 10.1. The molecule has 2 aromatic carbocycles. The second-order valence-corrected chi connectivity index (χ2v) is 6.22. The normalized spacial score (nSPS) is 11.7. The molecule has 3 rings (SSSR count). The molecule has 0 saturated carbocycles. The lowest BCUT2D eigenvalue weighted by molar-refractivity contribution is -0.274. The van der Waals surface area contributed by atoms with Crippen LogP contribution in [0.3, 0.4) is 0 Å². The number of anilines is 2. The van der Waals surface area contributed by atoms with Crippen LogP contribution in [0.2, 0.25) is 0 Å². The minimum Gasteiger partial charge on any atom is -0.459 e. The van der Waals surface area contributed by atoms with Crippen molar-refractivity contribution in [2.24, 2.45) is 0 Å². The number of carbonyl (C=O) groups is 2. The number of furan rings is 1. The standard InChI is InChI=1S/C20H12F6N2O4/c21-19(22,23)14-10-12(27-18(30)16-2-1-9-31-16)5-8-15(14)28-17(29)11-3-6-13(7-4-11)32-20(24,25)26/h1-10H,(H,27,30)(H,28,29). The highest BCUT2D eigenvalue weighted by molar-refractivity contribution is 6.05. The van der Waals surface area contributed by atoms with Gasteiger partial charge in [-0.2, -0.15) is 13.2 Å². The zero-order valence-corrected chi connectivity index (χ0v) is 15.7. The van der Waals surface area contributed by atoms with Crippen LogP contribution in [0.1, 0.15) is 26.5 Å². The molecule has 0 fully saturated rings. The summed E-state index contributed by atoms with van der Waals surface area (Å²) in [7, 11) is 0. The number of hydrogen-bond acceptors (Lipinski definition) is 4. The molecule has 1 aromatic heterocycles. The lowest BCUT2D eigenvalue weighted by Crippen LogP contribution is -2.18. The van der Waals surface area contributed by atoms with Crippen molar-refractivity contribution < 1.29 is 45.1 Å². The van der Waals surface area contributed by atoms with Crippen molar-refractivity contribution in [2.75, 3.05) is 10.6 Å². The molecule has 3 aromatic rings. The van der Waals surface area contributed by atoms with Crippen LogP contribution >= 0.6 is 0 Å². The van der Waals surface area contributed by atoms with Gasteiger partial charge >= 0.3 is 12.5 Å². The van der Waals surface area contributed by atoms with Crippen molar-refractivity contribution in [3.63, 3.8) is 0 Å². The van der Waals surface area contributed by atoms with E-state index in [1.807, 2.05) is 0 Å². The predicted octanol–water partition coefficient (Wildman–Crippen LogP) is 5.70. The largest absolute Gasteiger partial charge is 0.573 e. The van der Waals surface area contributed by atoms with Crippen LogP contribution in [0, 0.1) is 0 Å². The van der Waals surface area contributed by atoms with Crippen LogP contribution < -0.4 is 15.4 Å². The highest BCUT2D eigenvalue weighted by Crippen LogP contribution is 2.37. The maximum atomic E-state index is 13.5. The number of hydrogen-bond donors (Lipinski definition) is 2. The fourth-order valence-corrected chi connectivity index (χ4v) is 2.57. The van der Waals surface area contributed by atoms with E-state index in [1.165, 1.54) is 18.4 Å². The topological polar surface area (TPSA) is 80.6 Å². The van der Waals surface area contributed by atoms with E-state index in [2.05, 4.69) is 15.4 Å². The van der Waals surface area contributed by atoms with Crippen molar-refractivity contribution in [2.45, 2.75) is 12.5 Å². The molecule has 0 aliphatic carbocycles. The van der Waals surface area contributed by atoms with Gasteiger partial charge in [-0.1, -0.05) is 0 Å². The first-order valence-electron chi connectivity index (χ1n) is 8.65. The first kappa shape index (κ1) is 22.7. The van der Waals surface area contributed by atoms with Crippen LogP contribution in [0.15, 0.2) is 65.3 Å². The third kappa shape index (κ3) is 5.80. The summed E-state index contributed by atoms with van der Waals surface area (Å²) in [5, 5.41) is 4.30. The second kappa shape index (κ2) is 8.65. The first-order valence-corrected chi connectivity index (χ1v) is 8.65. The van der Waals surface area contributed by atoms with Gasteiger partial charge in [-0.25, -0.2) is 0 Å². The Kier molecular flexibility index (Phi) is 6.14. The molecule has 0 bridgehead atoms. The van der Waals surface area contributed by atoms with Crippen LogP contribution in [-0.4, -0.2) is 18.2 Å². The van der Waals surface area contributed by atoms with Crippen molar-refractivity contribution in [3.05, 3.63) is 77.7 Å². The van der Waals surface area contributed by atoms with E-state index < -0.39 is 41.4 Å². The Morgan fingerprint density at radius 2 is 1.53 bits per heavy atom. The molecule has 0 atom stereocenters. The minimum absolute atomic E-state index is 0.117. The molecular weight excluding hydrogens is 446 g/mol. The Balaban J connectivity index is 1.79. The van der Waals surface area contributed by atoms with Gasteiger partial charge < -0.3 is 19.8 Å². The molecular formula is C20H12F6N2O4. The molecule has 2 N–H and O–H groups in total. The molecule has 168 valence electrons. The average Bonchev–Trinajstić information content (AvgIpc) is 3.22. The van der Waals surface area contributed by atoms with Gasteiger partial charge in [-0.3, -0.25) is 9.59 Å². The first-order chi connectivity index (χ1) is 14.9. The molecule has 12 heteroatoms. The van der Waals surface area contributed by atoms with Gasteiger partial charge in [0.15, 0.2) is 5.76 Å². The van der Waals surface area contributed by atoms with E-state index >= 15 is 0 Å². The van der Waals surface area contributed by atoms with Crippen molar-refractivity contribution in [1.82, 2.24) is 0 Å². The minimum atomic E-state index is -4.93. The quantitative estimate of drug-likeness (QED) is 0.481. The van der Waals surface area contributed by atoms with E-state index in [0.717, 1.165) is 36.4 Å². The maximum absolute atomic E-state index is 13.5. The molecule has 0 radical (unpaired) electrons. The van der Waals surface area contributed by atoms with Crippen LogP contribution in [-0.2, 0) is 6.18 Å². The number of alkyl halides is 6. The summed E-state index contributed by atoms with van der Waals surface area (Å²) in [6.07, 6.45) is -8.60. The Bertz CT molecular complexity index is 1110. The van der Waals surface area contributed by atoms with E-state index in [0.29, 0.717) is 6.07 Å². The van der Waals surface area contributed by atoms with Crippen molar-refractivity contribution in [3.8, 4) is 5.75 Å². The maximum Gasteiger partial charge on any atom is 0.573 e. The van der Waals surface area contributed by atoms with Crippen LogP contribution in [0.5, 0.6) is 5.75 Å². The van der Waals surface area contributed by atoms with Gasteiger partial charge in [0.05, 0.1) is 17.5 Å². The molecule has 0 aliphatic heterocycles. The molecule has 0 aliphatic rings. The summed E-state index contributed by atoms with van der Waals surface area (Å²) in [6, 6.07) is 9.04. The third-order valence-corrected chi connectivity index (χ3v) is 3.93. The summed E-state index contributed by atoms with van der Waals surface area (Å²) in [6.45, 7) is 0. The van der Waals surface area contributed by atoms with Gasteiger partial charge in [0, 0.05) is 11.3 Å². The summed E-state index contributed by atoms with van der Waals surface area (Å²) in [5.41, 5.74) is -2.28. The number of ether oxygens (including phenoxy) is 1. The summed E-state index contributed by atoms with van der Waals surface area (Å²) >= 11 is 0. The van der Waals surface area contributed by atoms with Gasteiger partial charge in [-0.15, -0.1) is 13.2 Å².